The highest BCUT2D eigenvalue weighted by atomic mass is 16.2. The van der Waals surface area contributed by atoms with E-state index in [1.807, 2.05) is 6.92 Å². The minimum Gasteiger partial charge on any atom is -0.299 e. The molecule has 0 radical (unpaired) electrons. The average Bonchev–Trinajstić information content (AvgIpc) is 1.82. The first-order valence-electron chi connectivity index (χ1n) is 4.08. The van der Waals surface area contributed by atoms with Crippen LogP contribution in [0.15, 0.2) is 0 Å². The highest BCUT2D eigenvalue weighted by Crippen LogP contribution is 2.22. The van der Waals surface area contributed by atoms with Gasteiger partial charge in [0.25, 0.3) is 0 Å². The minimum atomic E-state index is -0.943. The zero-order valence-electron chi connectivity index (χ0n) is 7.29. The summed E-state index contributed by atoms with van der Waals surface area (Å²) in [6.07, 6.45) is 0.742. The number of carbonyl (C=O) groups excluding carboxylic acids is 3. The molecule has 3 nitrogen and oxygen atoms in total. The van der Waals surface area contributed by atoms with Crippen molar-refractivity contribution in [2.75, 3.05) is 0 Å². The molecular formula is C9H12O3. The van der Waals surface area contributed by atoms with Gasteiger partial charge in [-0.25, -0.2) is 0 Å². The average molecular weight is 168 g/mol. The van der Waals surface area contributed by atoms with E-state index < -0.39 is 5.92 Å². The third-order valence-corrected chi connectivity index (χ3v) is 2.15. The lowest BCUT2D eigenvalue weighted by atomic mass is 9.79. The molecule has 1 saturated carbocycles. The molecule has 0 N–H and O–H groups in total. The number of hydrogen-bond acceptors (Lipinski definition) is 3. The van der Waals surface area contributed by atoms with Crippen molar-refractivity contribution >= 4 is 17.3 Å². The first-order valence-corrected chi connectivity index (χ1v) is 4.08. The van der Waals surface area contributed by atoms with Gasteiger partial charge >= 0.3 is 0 Å². The van der Waals surface area contributed by atoms with Crippen molar-refractivity contribution in [2.45, 2.75) is 26.7 Å². The summed E-state index contributed by atoms with van der Waals surface area (Å²) in [6, 6.07) is 0. The van der Waals surface area contributed by atoms with Gasteiger partial charge in [-0.1, -0.05) is 6.92 Å². The van der Waals surface area contributed by atoms with Crippen LogP contribution >= 0.6 is 0 Å². The van der Waals surface area contributed by atoms with Crippen LogP contribution in [0.4, 0.5) is 0 Å². The number of rotatable bonds is 1. The summed E-state index contributed by atoms with van der Waals surface area (Å²) < 4.78 is 0. The van der Waals surface area contributed by atoms with Crippen LogP contribution in [0.25, 0.3) is 0 Å². The molecule has 0 aliphatic heterocycles. The first kappa shape index (κ1) is 9.10. The number of hydrogen-bond donors (Lipinski definition) is 0. The third-order valence-electron chi connectivity index (χ3n) is 2.15. The molecule has 1 rings (SSSR count). The largest absolute Gasteiger partial charge is 0.299 e. The maximum absolute atomic E-state index is 11.2. The van der Waals surface area contributed by atoms with E-state index in [0.29, 0.717) is 12.8 Å². The Morgan fingerprint density at radius 1 is 1.25 bits per heavy atom. The maximum atomic E-state index is 11.2. The topological polar surface area (TPSA) is 51.2 Å². The van der Waals surface area contributed by atoms with Gasteiger partial charge in [0.15, 0.2) is 11.6 Å². The summed E-state index contributed by atoms with van der Waals surface area (Å²) in [7, 11) is 0. The molecule has 0 saturated heterocycles. The Balaban J connectivity index is 2.81. The van der Waals surface area contributed by atoms with Gasteiger partial charge in [0.2, 0.25) is 0 Å². The molecule has 12 heavy (non-hydrogen) atoms. The van der Waals surface area contributed by atoms with Crippen molar-refractivity contribution in [3.05, 3.63) is 0 Å². The van der Waals surface area contributed by atoms with E-state index in [-0.39, 0.29) is 23.3 Å². The van der Waals surface area contributed by atoms with E-state index in [0.717, 1.165) is 0 Å². The fraction of sp³-hybridized carbons (Fsp3) is 0.667. The molecule has 3 heteroatoms. The van der Waals surface area contributed by atoms with Crippen molar-refractivity contribution in [3.8, 4) is 0 Å². The van der Waals surface area contributed by atoms with Gasteiger partial charge in [-0.15, -0.1) is 0 Å². The third kappa shape index (κ3) is 1.60. The summed E-state index contributed by atoms with van der Waals surface area (Å²) in [5.41, 5.74) is 0. The predicted octanol–water partition coefficient (Wildman–Crippen LogP) is 0.760. The Labute approximate surface area is 71.1 Å². The highest BCUT2D eigenvalue weighted by Gasteiger charge is 2.36. The fourth-order valence-electron chi connectivity index (χ4n) is 1.63. The molecule has 1 aliphatic rings. The molecule has 1 aliphatic carbocycles. The Hall–Kier alpha value is -0.990. The van der Waals surface area contributed by atoms with Gasteiger partial charge in [-0.05, 0) is 12.8 Å². The predicted molar refractivity (Wildman–Crippen MR) is 42.6 cm³/mol. The standard InChI is InChI=1S/C9H12O3/c1-5-3-7(11)9(6(2)10)8(12)4-5/h5,9H,3-4H2,1-2H3. The quantitative estimate of drug-likeness (QED) is 0.543. The van der Waals surface area contributed by atoms with Gasteiger partial charge in [-0.2, -0.15) is 0 Å². The lowest BCUT2D eigenvalue weighted by molar-refractivity contribution is -0.142. The number of ketones is 3. The lowest BCUT2D eigenvalue weighted by Gasteiger charge is -2.21. The summed E-state index contributed by atoms with van der Waals surface area (Å²) in [6.45, 7) is 3.16. The van der Waals surface area contributed by atoms with Crippen molar-refractivity contribution < 1.29 is 14.4 Å². The zero-order valence-corrected chi connectivity index (χ0v) is 7.29. The summed E-state index contributed by atoms with van der Waals surface area (Å²) in [5, 5.41) is 0. The fourth-order valence-corrected chi connectivity index (χ4v) is 1.63. The van der Waals surface area contributed by atoms with Crippen molar-refractivity contribution in [3.63, 3.8) is 0 Å². The van der Waals surface area contributed by atoms with Gasteiger partial charge in [0.1, 0.15) is 11.7 Å². The van der Waals surface area contributed by atoms with E-state index in [4.69, 9.17) is 0 Å². The molecule has 0 aromatic heterocycles. The van der Waals surface area contributed by atoms with Crippen molar-refractivity contribution in [2.24, 2.45) is 11.8 Å². The van der Waals surface area contributed by atoms with Crippen LogP contribution in [0.5, 0.6) is 0 Å². The first-order chi connectivity index (χ1) is 5.52. The van der Waals surface area contributed by atoms with Gasteiger partial charge in [0, 0.05) is 12.8 Å². The molecule has 0 heterocycles. The Morgan fingerprint density at radius 3 is 2.00 bits per heavy atom. The van der Waals surface area contributed by atoms with Crippen LogP contribution in [0.3, 0.4) is 0 Å². The summed E-state index contributed by atoms with van der Waals surface area (Å²) in [4.78, 5) is 33.3. The number of carbonyl (C=O) groups is 3. The van der Waals surface area contributed by atoms with E-state index in [2.05, 4.69) is 0 Å². The molecule has 0 spiro atoms. The van der Waals surface area contributed by atoms with E-state index in [9.17, 15) is 14.4 Å². The van der Waals surface area contributed by atoms with E-state index in [1.54, 1.807) is 0 Å². The van der Waals surface area contributed by atoms with Crippen LogP contribution < -0.4 is 0 Å². The number of Topliss-reactive ketones (excluding diaryl/α,β-unsaturated/α-hetero) is 3. The van der Waals surface area contributed by atoms with Crippen LogP contribution in [0, 0.1) is 11.8 Å². The lowest BCUT2D eigenvalue weighted by Crippen LogP contribution is -2.36. The van der Waals surface area contributed by atoms with E-state index >= 15 is 0 Å². The molecule has 0 aromatic carbocycles. The maximum Gasteiger partial charge on any atom is 0.151 e. The second-order valence-electron chi connectivity index (χ2n) is 3.49. The smallest absolute Gasteiger partial charge is 0.151 e. The molecule has 0 aromatic rings. The molecule has 1 fully saturated rings. The zero-order chi connectivity index (χ0) is 9.30. The normalized spacial score (nSPS) is 30.5. The van der Waals surface area contributed by atoms with E-state index in [1.165, 1.54) is 6.92 Å². The van der Waals surface area contributed by atoms with Crippen molar-refractivity contribution in [1.82, 2.24) is 0 Å². The SMILES string of the molecule is CC(=O)C1C(=O)CC(C)CC1=O. The molecule has 0 atom stereocenters. The van der Waals surface area contributed by atoms with Crippen LogP contribution in [0.2, 0.25) is 0 Å². The molecule has 66 valence electrons. The molecule has 0 unspecified atom stereocenters. The van der Waals surface area contributed by atoms with Crippen molar-refractivity contribution in [1.29, 1.82) is 0 Å². The Morgan fingerprint density at radius 2 is 1.67 bits per heavy atom. The van der Waals surface area contributed by atoms with Gasteiger partial charge in [-0.3, -0.25) is 14.4 Å². The molecule has 0 amide bonds. The minimum absolute atomic E-state index is 0.112. The summed E-state index contributed by atoms with van der Waals surface area (Å²) >= 11 is 0. The molecule has 0 bridgehead atoms. The molecular weight excluding hydrogens is 156 g/mol. The van der Waals surface area contributed by atoms with Gasteiger partial charge in [0.05, 0.1) is 0 Å². The monoisotopic (exact) mass is 168 g/mol. The van der Waals surface area contributed by atoms with Gasteiger partial charge < -0.3 is 0 Å². The van der Waals surface area contributed by atoms with Crippen LogP contribution in [-0.2, 0) is 14.4 Å². The summed E-state index contributed by atoms with van der Waals surface area (Å²) in [5.74, 6) is -1.55. The van der Waals surface area contributed by atoms with Crippen LogP contribution in [-0.4, -0.2) is 17.3 Å². The second-order valence-corrected chi connectivity index (χ2v) is 3.49. The van der Waals surface area contributed by atoms with Crippen LogP contribution in [0.1, 0.15) is 26.7 Å². The second kappa shape index (κ2) is 3.17. The Bertz CT molecular complexity index is 224. The Kier molecular flexibility index (Phi) is 2.40. The highest BCUT2D eigenvalue weighted by molar-refractivity contribution is 6.20.